The summed E-state index contributed by atoms with van der Waals surface area (Å²) in [5.41, 5.74) is 3.17. The van der Waals surface area contributed by atoms with Gasteiger partial charge in [-0.15, -0.1) is 0 Å². The molecule has 2 aliphatic rings. The van der Waals surface area contributed by atoms with Gasteiger partial charge in [0.2, 0.25) is 0 Å². The van der Waals surface area contributed by atoms with Crippen LogP contribution in [0.2, 0.25) is 0 Å². The molecule has 2 aliphatic heterocycles. The van der Waals surface area contributed by atoms with Gasteiger partial charge in [-0.1, -0.05) is 12.1 Å². The number of piperazine rings is 1. The van der Waals surface area contributed by atoms with Gasteiger partial charge in [-0.3, -0.25) is 4.98 Å². The van der Waals surface area contributed by atoms with Crippen molar-refractivity contribution >= 4 is 22.5 Å². The smallest absolute Gasteiger partial charge is 0.155 e. The molecule has 2 N–H and O–H groups in total. The molecule has 5 rings (SSSR count). The fourth-order valence-electron chi connectivity index (χ4n) is 4.47. The lowest BCUT2D eigenvalue weighted by atomic mass is 9.96. The third-order valence-electron chi connectivity index (χ3n) is 6.48. The van der Waals surface area contributed by atoms with Gasteiger partial charge >= 0.3 is 0 Å². The van der Waals surface area contributed by atoms with Crippen molar-refractivity contribution in [2.24, 2.45) is 0 Å². The Morgan fingerprint density at radius 1 is 1.09 bits per heavy atom. The Balaban J connectivity index is 1.40. The van der Waals surface area contributed by atoms with E-state index in [-0.39, 0.29) is 6.54 Å². The molecule has 0 unspecified atom stereocenters. The molecule has 32 heavy (non-hydrogen) atoms. The zero-order valence-corrected chi connectivity index (χ0v) is 18.5. The van der Waals surface area contributed by atoms with Crippen molar-refractivity contribution < 1.29 is 4.39 Å². The van der Waals surface area contributed by atoms with Crippen LogP contribution in [0.3, 0.4) is 0 Å². The molecule has 3 aromatic rings. The number of rotatable bonds is 5. The molecule has 0 aliphatic carbocycles. The molecule has 2 fully saturated rings. The van der Waals surface area contributed by atoms with Crippen LogP contribution in [0.5, 0.6) is 0 Å². The first-order valence-electron chi connectivity index (χ1n) is 11.4. The largest absolute Gasteiger partial charge is 0.369 e. The number of hydrogen-bond acceptors (Lipinski definition) is 7. The van der Waals surface area contributed by atoms with Crippen LogP contribution in [-0.2, 0) is 0 Å². The molecule has 0 radical (unpaired) electrons. The highest BCUT2D eigenvalue weighted by Crippen LogP contribution is 2.29. The Hall–Kier alpha value is -2.84. The van der Waals surface area contributed by atoms with Crippen molar-refractivity contribution in [1.82, 2.24) is 25.2 Å². The molecule has 7 nitrogen and oxygen atoms in total. The van der Waals surface area contributed by atoms with Gasteiger partial charge in [-0.05, 0) is 44.6 Å². The van der Waals surface area contributed by atoms with Crippen molar-refractivity contribution in [3.8, 4) is 11.3 Å². The first-order valence-corrected chi connectivity index (χ1v) is 11.4. The average Bonchev–Trinajstić information content (AvgIpc) is 2.83. The summed E-state index contributed by atoms with van der Waals surface area (Å²) in [4.78, 5) is 18.5. The molecule has 0 bridgehead atoms. The van der Waals surface area contributed by atoms with Crippen LogP contribution in [0.1, 0.15) is 12.8 Å². The molecule has 0 saturated carbocycles. The maximum Gasteiger partial charge on any atom is 0.155 e. The number of hydrogen-bond donors (Lipinski definition) is 2. The van der Waals surface area contributed by atoms with Gasteiger partial charge in [0, 0.05) is 56.4 Å². The lowest BCUT2D eigenvalue weighted by Crippen LogP contribution is -2.46. The summed E-state index contributed by atoms with van der Waals surface area (Å²) >= 11 is 0. The van der Waals surface area contributed by atoms with Crippen LogP contribution >= 0.6 is 0 Å². The first kappa shape index (κ1) is 21.0. The number of nitrogens with zero attached hydrogens (tertiary/aromatic N) is 5. The van der Waals surface area contributed by atoms with Gasteiger partial charge in [0.25, 0.3) is 0 Å². The van der Waals surface area contributed by atoms with Gasteiger partial charge in [0.05, 0.1) is 17.8 Å². The van der Waals surface area contributed by atoms with E-state index in [0.29, 0.717) is 24.3 Å². The molecule has 4 heterocycles. The first-order chi connectivity index (χ1) is 15.6. The summed E-state index contributed by atoms with van der Waals surface area (Å²) in [7, 11) is 2.16. The molecule has 2 aromatic heterocycles. The van der Waals surface area contributed by atoms with Crippen LogP contribution in [0.15, 0.2) is 42.7 Å². The van der Waals surface area contributed by atoms with Gasteiger partial charge in [0.1, 0.15) is 11.2 Å². The van der Waals surface area contributed by atoms with Crippen LogP contribution in [0.25, 0.3) is 22.3 Å². The third kappa shape index (κ3) is 4.52. The number of nitrogens with one attached hydrogen (secondary N) is 2. The Kier molecular flexibility index (Phi) is 5.89. The molecule has 0 amide bonds. The van der Waals surface area contributed by atoms with Gasteiger partial charge < -0.3 is 20.4 Å². The van der Waals surface area contributed by atoms with Crippen molar-refractivity contribution in [3.05, 3.63) is 42.7 Å². The van der Waals surface area contributed by atoms with E-state index < -0.39 is 5.67 Å². The Bertz CT molecular complexity index is 1060. The second-order valence-corrected chi connectivity index (χ2v) is 8.90. The minimum absolute atomic E-state index is 0.199. The van der Waals surface area contributed by atoms with E-state index in [1.807, 2.05) is 6.07 Å². The highest BCUT2D eigenvalue weighted by atomic mass is 19.1. The predicted molar refractivity (Wildman–Crippen MR) is 127 cm³/mol. The zero-order chi connectivity index (χ0) is 22.0. The summed E-state index contributed by atoms with van der Waals surface area (Å²) in [6, 6.07) is 10.5. The highest BCUT2D eigenvalue weighted by Gasteiger charge is 2.31. The van der Waals surface area contributed by atoms with Gasteiger partial charge in [0.15, 0.2) is 5.82 Å². The Morgan fingerprint density at radius 3 is 2.62 bits per heavy atom. The number of aromatic nitrogens is 3. The van der Waals surface area contributed by atoms with E-state index in [0.717, 1.165) is 55.9 Å². The van der Waals surface area contributed by atoms with E-state index in [2.05, 4.69) is 61.7 Å². The number of fused-ring (bicyclic) bond motifs is 1. The number of likely N-dealkylation sites (N-methyl/N-ethyl adjacent to an activating group) is 1. The van der Waals surface area contributed by atoms with E-state index in [4.69, 9.17) is 4.98 Å². The van der Waals surface area contributed by atoms with Gasteiger partial charge in [-0.2, -0.15) is 0 Å². The molecule has 168 valence electrons. The van der Waals surface area contributed by atoms with E-state index in [9.17, 15) is 0 Å². The lowest BCUT2D eigenvalue weighted by molar-refractivity contribution is 0.137. The summed E-state index contributed by atoms with van der Waals surface area (Å²) < 4.78 is 15.1. The zero-order valence-electron chi connectivity index (χ0n) is 18.5. The van der Waals surface area contributed by atoms with E-state index in [1.165, 1.54) is 5.69 Å². The number of anilines is 2. The summed E-state index contributed by atoms with van der Waals surface area (Å²) in [6.45, 7) is 5.65. The number of piperidine rings is 1. The monoisotopic (exact) mass is 435 g/mol. The Morgan fingerprint density at radius 2 is 1.88 bits per heavy atom. The minimum Gasteiger partial charge on any atom is -0.369 e. The molecule has 1 atom stereocenters. The topological polar surface area (TPSA) is 69.2 Å². The maximum absolute atomic E-state index is 15.1. The van der Waals surface area contributed by atoms with Gasteiger partial charge in [-0.25, -0.2) is 14.4 Å². The lowest BCUT2D eigenvalue weighted by Gasteiger charge is -2.34. The molecule has 8 heteroatoms. The van der Waals surface area contributed by atoms with Crippen molar-refractivity contribution in [2.45, 2.75) is 18.5 Å². The molecule has 1 aromatic carbocycles. The standard InChI is InChI=1S/C24H30FN7/c1-31-11-13-32(14-12-31)19-5-3-18(4-6-19)20-15-21-22(28-10-9-27-21)23(30-20)29-17-24(25)7-2-8-26-16-24/h3-6,9-10,15,26H,2,7-8,11-14,16-17H2,1H3,(H,29,30)/t24-/m0/s1. The van der Waals surface area contributed by atoms with E-state index in [1.54, 1.807) is 12.4 Å². The van der Waals surface area contributed by atoms with Crippen LogP contribution < -0.4 is 15.5 Å². The van der Waals surface area contributed by atoms with Crippen molar-refractivity contribution in [3.63, 3.8) is 0 Å². The second kappa shape index (κ2) is 8.96. The molecular weight excluding hydrogens is 405 g/mol. The number of benzene rings is 1. The number of pyridine rings is 1. The summed E-state index contributed by atoms with van der Waals surface area (Å²) in [5.74, 6) is 0.580. The average molecular weight is 436 g/mol. The minimum atomic E-state index is -1.28. The summed E-state index contributed by atoms with van der Waals surface area (Å²) in [5, 5.41) is 6.38. The number of alkyl halides is 1. The van der Waals surface area contributed by atoms with Crippen LogP contribution in [-0.4, -0.2) is 78.4 Å². The second-order valence-electron chi connectivity index (χ2n) is 8.90. The Labute approximate surface area is 188 Å². The summed E-state index contributed by atoms with van der Waals surface area (Å²) in [6.07, 6.45) is 4.71. The third-order valence-corrected chi connectivity index (χ3v) is 6.48. The maximum atomic E-state index is 15.1. The molecular formula is C24H30FN7. The highest BCUT2D eigenvalue weighted by molar-refractivity contribution is 5.88. The van der Waals surface area contributed by atoms with Crippen LogP contribution in [0.4, 0.5) is 15.9 Å². The SMILES string of the molecule is CN1CCN(c2ccc(-c3cc4nccnc4c(NC[C@]4(F)CCCNC4)n3)cc2)CC1. The van der Waals surface area contributed by atoms with Crippen molar-refractivity contribution in [2.75, 3.05) is 63.1 Å². The fraction of sp³-hybridized carbons (Fsp3) is 0.458. The van der Waals surface area contributed by atoms with Crippen LogP contribution in [0, 0.1) is 0 Å². The van der Waals surface area contributed by atoms with Crippen molar-refractivity contribution in [1.29, 1.82) is 0 Å². The number of halogens is 1. The molecule has 2 saturated heterocycles. The predicted octanol–water partition coefficient (Wildman–Crippen LogP) is 2.95. The normalized spacial score (nSPS) is 22.2. The quantitative estimate of drug-likeness (QED) is 0.639. The van der Waals surface area contributed by atoms with E-state index >= 15 is 4.39 Å². The fourth-order valence-corrected chi connectivity index (χ4v) is 4.47. The molecule has 0 spiro atoms.